The van der Waals surface area contributed by atoms with Crippen molar-refractivity contribution in [3.8, 4) is 0 Å². The lowest BCUT2D eigenvalue weighted by molar-refractivity contribution is -0.115. The first-order valence-corrected chi connectivity index (χ1v) is 10.5. The maximum atomic E-state index is 12.7. The van der Waals surface area contributed by atoms with Crippen LogP contribution in [0.1, 0.15) is 43.1 Å². The van der Waals surface area contributed by atoms with Crippen LogP contribution in [0.4, 0.5) is 16.5 Å². The lowest BCUT2D eigenvalue weighted by Gasteiger charge is -2.41. The van der Waals surface area contributed by atoms with E-state index in [4.69, 9.17) is 4.74 Å². The number of ether oxygens (including phenoxy) is 1. The molecule has 1 aromatic carbocycles. The Kier molecular flexibility index (Phi) is 6.12. The summed E-state index contributed by atoms with van der Waals surface area (Å²) >= 11 is 1.15. The largest absolute Gasteiger partial charge is 0.461 e. The topological polar surface area (TPSA) is 83.6 Å². The molecule has 0 atom stereocenters. The molecule has 0 aliphatic carbocycles. The van der Waals surface area contributed by atoms with Gasteiger partial charge in [0.15, 0.2) is 5.13 Å². The first-order valence-electron chi connectivity index (χ1n) is 9.71. The van der Waals surface area contributed by atoms with Crippen molar-refractivity contribution in [2.75, 3.05) is 35.2 Å². The highest BCUT2D eigenvalue weighted by molar-refractivity contribution is 7.17. The average molecular weight is 417 g/mol. The summed E-state index contributed by atoms with van der Waals surface area (Å²) in [5, 5.41) is 6.73. The third kappa shape index (κ3) is 5.26. The third-order valence-corrected chi connectivity index (χ3v) is 5.47. The van der Waals surface area contributed by atoms with Gasteiger partial charge < -0.3 is 20.3 Å². The zero-order valence-electron chi connectivity index (χ0n) is 17.5. The van der Waals surface area contributed by atoms with Crippen molar-refractivity contribution in [3.05, 3.63) is 34.8 Å². The smallest absolute Gasteiger partial charge is 0.350 e. The molecule has 0 bridgehead atoms. The molecule has 0 radical (unpaired) electrons. The number of nitrogens with one attached hydrogen (secondary N) is 2. The number of carbonyl (C=O) groups is 2. The summed E-state index contributed by atoms with van der Waals surface area (Å²) in [6.07, 6.45) is 0. The van der Waals surface area contributed by atoms with Crippen LogP contribution in [0.5, 0.6) is 0 Å². The molecule has 3 rings (SSSR count). The summed E-state index contributed by atoms with van der Waals surface area (Å²) in [6.45, 7) is 11.2. The van der Waals surface area contributed by atoms with Gasteiger partial charge in [0.25, 0.3) is 0 Å². The van der Waals surface area contributed by atoms with E-state index in [-0.39, 0.29) is 23.9 Å². The maximum Gasteiger partial charge on any atom is 0.350 e. The van der Waals surface area contributed by atoms with E-state index in [2.05, 4.69) is 34.4 Å². The molecular weight excluding hydrogens is 388 g/mol. The van der Waals surface area contributed by atoms with Crippen LogP contribution in [-0.4, -0.2) is 42.1 Å². The van der Waals surface area contributed by atoms with Gasteiger partial charge in [-0.15, -0.1) is 0 Å². The van der Waals surface area contributed by atoms with Gasteiger partial charge in [-0.05, 0) is 38.8 Å². The van der Waals surface area contributed by atoms with Crippen LogP contribution < -0.4 is 15.5 Å². The van der Waals surface area contributed by atoms with E-state index in [1.54, 1.807) is 6.92 Å². The van der Waals surface area contributed by atoms with Gasteiger partial charge in [-0.2, -0.15) is 0 Å². The summed E-state index contributed by atoms with van der Waals surface area (Å²) in [7, 11) is 0. The molecule has 2 aromatic rings. The van der Waals surface area contributed by atoms with Crippen LogP contribution in [0.3, 0.4) is 0 Å². The minimum atomic E-state index is -0.396. The lowest BCUT2D eigenvalue weighted by Crippen LogP contribution is -2.50. The zero-order chi connectivity index (χ0) is 21.2. The normalized spacial score (nSPS) is 14.9. The zero-order valence-corrected chi connectivity index (χ0v) is 18.4. The number of rotatable bonds is 6. The fourth-order valence-corrected chi connectivity index (χ4v) is 4.12. The molecule has 1 aliphatic heterocycles. The molecule has 0 unspecified atom stereocenters. The molecule has 156 valence electrons. The fourth-order valence-electron chi connectivity index (χ4n) is 3.24. The number of benzene rings is 1. The van der Waals surface area contributed by atoms with Crippen LogP contribution >= 0.6 is 11.3 Å². The average Bonchev–Trinajstić information content (AvgIpc) is 2.98. The third-order valence-electron chi connectivity index (χ3n) is 4.41. The Labute approximate surface area is 175 Å². The van der Waals surface area contributed by atoms with Crippen molar-refractivity contribution in [3.63, 3.8) is 0 Å². The number of carbonyl (C=O) groups excluding carboxylic acids is 2. The number of anilines is 3. The maximum absolute atomic E-state index is 12.7. The van der Waals surface area contributed by atoms with Crippen LogP contribution in [0.15, 0.2) is 24.3 Å². The Morgan fingerprint density at radius 3 is 2.79 bits per heavy atom. The fraction of sp³-hybridized carbons (Fsp3) is 0.476. The van der Waals surface area contributed by atoms with Crippen LogP contribution in [0.2, 0.25) is 0 Å². The number of amides is 1. The van der Waals surface area contributed by atoms with Crippen molar-refractivity contribution in [2.45, 2.75) is 40.2 Å². The van der Waals surface area contributed by atoms with Gasteiger partial charge in [0, 0.05) is 12.1 Å². The molecule has 0 saturated heterocycles. The Morgan fingerprint density at radius 1 is 1.34 bits per heavy atom. The van der Waals surface area contributed by atoms with Crippen molar-refractivity contribution in [1.82, 2.24) is 4.98 Å². The summed E-state index contributed by atoms with van der Waals surface area (Å²) in [5.74, 6) is -0.308. The second kappa shape index (κ2) is 8.41. The van der Waals surface area contributed by atoms with Crippen LogP contribution in [0.25, 0.3) is 0 Å². The van der Waals surface area contributed by atoms with Gasteiger partial charge in [0.1, 0.15) is 4.88 Å². The van der Waals surface area contributed by atoms with E-state index in [0.717, 1.165) is 22.7 Å². The second-order valence-electron chi connectivity index (χ2n) is 8.36. The minimum Gasteiger partial charge on any atom is -0.461 e. The number of fused-ring (bicyclic) bond motifs is 1. The Morgan fingerprint density at radius 2 is 2.07 bits per heavy atom. The van der Waals surface area contributed by atoms with Gasteiger partial charge in [-0.25, -0.2) is 9.78 Å². The molecule has 0 spiro atoms. The van der Waals surface area contributed by atoms with Gasteiger partial charge >= 0.3 is 5.97 Å². The quantitative estimate of drug-likeness (QED) is 0.695. The predicted octanol–water partition coefficient (Wildman–Crippen LogP) is 3.91. The molecule has 0 saturated carbocycles. The van der Waals surface area contributed by atoms with Crippen molar-refractivity contribution >= 4 is 39.7 Å². The highest BCUT2D eigenvalue weighted by Crippen LogP contribution is 2.34. The Hall–Kier alpha value is -2.61. The van der Waals surface area contributed by atoms with Crippen LogP contribution in [0, 0.1) is 12.8 Å². The van der Waals surface area contributed by atoms with Crippen molar-refractivity contribution in [1.29, 1.82) is 0 Å². The van der Waals surface area contributed by atoms with Crippen LogP contribution in [-0.2, 0) is 9.53 Å². The predicted molar refractivity (Wildman–Crippen MR) is 117 cm³/mol. The molecule has 7 nitrogen and oxygen atoms in total. The minimum absolute atomic E-state index is 0.153. The molecule has 1 aromatic heterocycles. The van der Waals surface area contributed by atoms with E-state index in [9.17, 15) is 9.59 Å². The number of esters is 1. The molecular formula is C21H28N4O3S. The van der Waals surface area contributed by atoms with Gasteiger partial charge in [-0.1, -0.05) is 37.3 Å². The number of hydrogen-bond acceptors (Lipinski definition) is 7. The van der Waals surface area contributed by atoms with Crippen molar-refractivity contribution < 1.29 is 14.3 Å². The molecule has 2 heterocycles. The molecule has 29 heavy (non-hydrogen) atoms. The Bertz CT molecular complexity index is 907. The first kappa shape index (κ1) is 21.1. The molecule has 2 N–H and O–H groups in total. The highest BCUT2D eigenvalue weighted by Gasteiger charge is 2.30. The molecule has 1 aliphatic rings. The number of hydrogen-bond donors (Lipinski definition) is 2. The highest BCUT2D eigenvalue weighted by atomic mass is 32.1. The van der Waals surface area contributed by atoms with Crippen molar-refractivity contribution in [2.24, 2.45) is 5.92 Å². The van der Waals surface area contributed by atoms with E-state index in [1.165, 1.54) is 0 Å². The lowest BCUT2D eigenvalue weighted by atomic mass is 9.99. The summed E-state index contributed by atoms with van der Waals surface area (Å²) in [4.78, 5) is 31.7. The number of para-hydroxylation sites is 2. The van der Waals surface area contributed by atoms with Gasteiger partial charge in [0.05, 0.1) is 30.2 Å². The Balaban J connectivity index is 1.67. The SMILES string of the molecule is Cc1nc(NC(=O)CN2CC(C)(C)Nc3ccccc32)sc1C(=O)OCC(C)C. The number of aryl methyl sites for hydroxylation is 1. The molecule has 0 fully saturated rings. The van der Waals surface area contributed by atoms with Gasteiger partial charge in [-0.3, -0.25) is 4.79 Å². The van der Waals surface area contributed by atoms with E-state index in [1.807, 2.05) is 38.1 Å². The molecule has 8 heteroatoms. The standard InChI is InChI=1S/C21H28N4O3S/c1-13(2)11-28-19(27)18-14(3)22-20(29-18)23-17(26)10-25-12-21(4,5)24-15-8-6-7-9-16(15)25/h6-9,13,24H,10-12H2,1-5H3,(H,22,23,26). The summed E-state index contributed by atoms with van der Waals surface area (Å²) in [6, 6.07) is 7.95. The second-order valence-corrected chi connectivity index (χ2v) is 9.36. The van der Waals surface area contributed by atoms with E-state index in [0.29, 0.717) is 28.9 Å². The number of thiazole rings is 1. The van der Waals surface area contributed by atoms with Gasteiger partial charge in [0.2, 0.25) is 5.91 Å². The van der Waals surface area contributed by atoms with E-state index < -0.39 is 5.97 Å². The number of nitrogens with zero attached hydrogens (tertiary/aromatic N) is 2. The monoisotopic (exact) mass is 416 g/mol. The number of aromatic nitrogens is 1. The summed E-state index contributed by atoms with van der Waals surface area (Å²) < 4.78 is 5.28. The first-order chi connectivity index (χ1) is 13.6. The van der Waals surface area contributed by atoms with E-state index >= 15 is 0 Å². The summed E-state index contributed by atoms with van der Waals surface area (Å²) in [5.41, 5.74) is 2.42. The molecule has 1 amide bonds.